The van der Waals surface area contributed by atoms with Crippen LogP contribution in [0.25, 0.3) is 22.6 Å². The van der Waals surface area contributed by atoms with E-state index in [1.807, 2.05) is 56.3 Å². The van der Waals surface area contributed by atoms with Crippen LogP contribution in [0, 0.1) is 25.6 Å². The van der Waals surface area contributed by atoms with Gasteiger partial charge >= 0.3 is 6.09 Å². The van der Waals surface area contributed by atoms with Crippen molar-refractivity contribution < 1.29 is 13.9 Å². The molecule has 1 saturated heterocycles. The topological polar surface area (TPSA) is 104 Å². The van der Waals surface area contributed by atoms with Crippen molar-refractivity contribution in [3.63, 3.8) is 0 Å². The fourth-order valence-electron chi connectivity index (χ4n) is 4.69. The Morgan fingerprint density at radius 1 is 1.16 bits per heavy atom. The summed E-state index contributed by atoms with van der Waals surface area (Å²) in [4.78, 5) is 32.0. The number of halogens is 1. The van der Waals surface area contributed by atoms with Crippen LogP contribution in [0.1, 0.15) is 44.3 Å². The van der Waals surface area contributed by atoms with Gasteiger partial charge in [-0.1, -0.05) is 0 Å². The maximum absolute atomic E-state index is 14.0. The number of fused-ring (bicyclic) bond motifs is 1. The molecule has 0 N–H and O–H groups in total. The first-order chi connectivity index (χ1) is 17.6. The van der Waals surface area contributed by atoms with Gasteiger partial charge in [0.25, 0.3) is 0 Å². The van der Waals surface area contributed by atoms with E-state index in [1.54, 1.807) is 11.1 Å². The number of imidazole rings is 1. The van der Waals surface area contributed by atoms with Crippen LogP contribution in [0.4, 0.5) is 9.18 Å². The van der Waals surface area contributed by atoms with Crippen LogP contribution in [0.15, 0.2) is 30.9 Å². The molecule has 1 amide bonds. The monoisotopic (exact) mass is 540 g/mol. The Labute approximate surface area is 227 Å². The van der Waals surface area contributed by atoms with Gasteiger partial charge in [-0.25, -0.2) is 24.1 Å². The average molecular weight is 541 g/mol. The maximum Gasteiger partial charge on any atom is 0.410 e. The summed E-state index contributed by atoms with van der Waals surface area (Å²) in [6.07, 6.45) is 7.21. The molecule has 5 rings (SSSR count). The summed E-state index contributed by atoms with van der Waals surface area (Å²) >= 11 is 0. The van der Waals surface area contributed by atoms with E-state index in [0.717, 1.165) is 17.7 Å². The normalized spacial score (nSPS) is 15.6. The Morgan fingerprint density at radius 3 is 2.68 bits per heavy atom. The van der Waals surface area contributed by atoms with Crippen LogP contribution in [0.2, 0.25) is 0 Å². The van der Waals surface area contributed by atoms with Crippen molar-refractivity contribution in [2.45, 2.75) is 59.7 Å². The summed E-state index contributed by atoms with van der Waals surface area (Å²) in [5.41, 5.74) is 3.13. The van der Waals surface area contributed by atoms with Crippen molar-refractivity contribution in [2.24, 2.45) is 5.92 Å². The molecule has 202 valence electrons. The minimum absolute atomic E-state index is 0. The maximum atomic E-state index is 14.0. The third-order valence-corrected chi connectivity index (χ3v) is 6.25. The predicted octanol–water partition coefficient (Wildman–Crippen LogP) is 4.26. The van der Waals surface area contributed by atoms with Gasteiger partial charge in [-0.15, -0.1) is 0 Å². The molecule has 1 fully saturated rings. The molecule has 4 aromatic heterocycles. The molecule has 0 aromatic carbocycles. The van der Waals surface area contributed by atoms with E-state index in [1.165, 1.54) is 12.3 Å². The zero-order valence-electron chi connectivity index (χ0n) is 22.3. The Kier molecular flexibility index (Phi) is 7.73. The highest BCUT2D eigenvalue weighted by Gasteiger charge is 2.30. The summed E-state index contributed by atoms with van der Waals surface area (Å²) in [7, 11) is 0. The number of aromatic nitrogens is 7. The smallest absolute Gasteiger partial charge is 0.410 e. The number of hydrogen-bond acceptors (Lipinski definition) is 7. The molecule has 0 spiro atoms. The first-order valence-corrected chi connectivity index (χ1v) is 12.4. The van der Waals surface area contributed by atoms with E-state index in [0.29, 0.717) is 60.5 Å². The van der Waals surface area contributed by atoms with Gasteiger partial charge in [0.2, 0.25) is 0 Å². The SMILES string of the molecule is Cc1nc(C)c2nc(-c3cncc(F)c3)n(Cc3cnn(CC4CCN(C(=O)OC(C)(C)C)C4)c3)c2n1.S. The number of carbonyl (C=O) groups excluding carboxylic acids is 1. The lowest BCUT2D eigenvalue weighted by Gasteiger charge is -2.24. The molecule has 1 aliphatic heterocycles. The van der Waals surface area contributed by atoms with Crippen LogP contribution >= 0.6 is 13.5 Å². The number of carbonyl (C=O) groups is 1. The highest BCUT2D eigenvalue weighted by molar-refractivity contribution is 7.59. The molecule has 0 radical (unpaired) electrons. The number of hydrogen-bond donors (Lipinski definition) is 0. The lowest BCUT2D eigenvalue weighted by atomic mass is 10.1. The lowest BCUT2D eigenvalue weighted by Crippen LogP contribution is -2.35. The van der Waals surface area contributed by atoms with E-state index in [9.17, 15) is 9.18 Å². The molecule has 4 aromatic rings. The summed E-state index contributed by atoms with van der Waals surface area (Å²) in [6.45, 7) is 11.8. The van der Waals surface area contributed by atoms with Crippen LogP contribution in [-0.4, -0.2) is 64.0 Å². The zero-order chi connectivity index (χ0) is 26.3. The molecule has 1 aliphatic rings. The molecule has 5 heterocycles. The number of pyridine rings is 1. The Hall–Kier alpha value is -3.54. The molecule has 12 heteroatoms. The fraction of sp³-hybridized carbons (Fsp3) is 0.462. The molecule has 0 bridgehead atoms. The van der Waals surface area contributed by atoms with Crippen LogP contribution in [0.5, 0.6) is 0 Å². The van der Waals surface area contributed by atoms with Gasteiger partial charge in [-0.2, -0.15) is 18.6 Å². The predicted molar refractivity (Wildman–Crippen MR) is 146 cm³/mol. The van der Waals surface area contributed by atoms with Gasteiger partial charge in [-0.05, 0) is 53.0 Å². The highest BCUT2D eigenvalue weighted by Crippen LogP contribution is 2.27. The Balaban J connectivity index is 0.00000336. The average Bonchev–Trinajstić information content (AvgIpc) is 3.53. The summed E-state index contributed by atoms with van der Waals surface area (Å²) < 4.78 is 23.4. The first-order valence-electron chi connectivity index (χ1n) is 12.4. The van der Waals surface area contributed by atoms with Crippen molar-refractivity contribution in [3.8, 4) is 11.4 Å². The quantitative estimate of drug-likeness (QED) is 0.373. The van der Waals surface area contributed by atoms with Crippen LogP contribution in [-0.2, 0) is 17.8 Å². The summed E-state index contributed by atoms with van der Waals surface area (Å²) in [5, 5.41) is 4.56. The largest absolute Gasteiger partial charge is 0.444 e. The molecular weight excluding hydrogens is 507 g/mol. The van der Waals surface area contributed by atoms with Gasteiger partial charge in [0.05, 0.1) is 24.6 Å². The lowest BCUT2D eigenvalue weighted by molar-refractivity contribution is 0.0286. The van der Waals surface area contributed by atoms with E-state index in [-0.39, 0.29) is 19.6 Å². The van der Waals surface area contributed by atoms with Gasteiger partial charge in [0, 0.05) is 43.2 Å². The second kappa shape index (κ2) is 10.7. The standard InChI is InChI=1S/C26H31FN8O2.H2S/c1-16-22-24(31-17(2)30-16)35(23(32-22)20-8-21(27)11-28-10-20)15-19-9-29-34(14-19)13-18-6-7-33(12-18)25(36)37-26(3,4)5;/h8-11,14,18H,6-7,12-13,15H2,1-5H3;1H2. The molecule has 38 heavy (non-hydrogen) atoms. The van der Waals surface area contributed by atoms with Crippen molar-refractivity contribution in [1.29, 1.82) is 0 Å². The highest BCUT2D eigenvalue weighted by atomic mass is 32.1. The minimum atomic E-state index is -0.508. The molecule has 1 atom stereocenters. The van der Waals surface area contributed by atoms with E-state index < -0.39 is 11.4 Å². The molecule has 1 unspecified atom stereocenters. The number of nitrogens with zero attached hydrogens (tertiary/aromatic N) is 8. The van der Waals surface area contributed by atoms with Crippen LogP contribution in [0.3, 0.4) is 0 Å². The van der Waals surface area contributed by atoms with Crippen molar-refractivity contribution in [3.05, 3.63) is 53.8 Å². The van der Waals surface area contributed by atoms with Crippen molar-refractivity contribution in [2.75, 3.05) is 13.1 Å². The second-order valence-electron chi connectivity index (χ2n) is 10.6. The molecule has 0 aliphatic carbocycles. The minimum Gasteiger partial charge on any atom is -0.444 e. The summed E-state index contributed by atoms with van der Waals surface area (Å²) in [6, 6.07) is 1.42. The molecule has 10 nitrogen and oxygen atoms in total. The van der Waals surface area contributed by atoms with Crippen LogP contribution < -0.4 is 0 Å². The van der Waals surface area contributed by atoms with Gasteiger partial charge in [-0.3, -0.25) is 9.67 Å². The number of rotatable bonds is 5. The summed E-state index contributed by atoms with van der Waals surface area (Å²) in [5.74, 6) is 1.07. The van der Waals surface area contributed by atoms with E-state index >= 15 is 0 Å². The number of likely N-dealkylation sites (tertiary alicyclic amines) is 1. The number of ether oxygens (including phenoxy) is 1. The molecule has 0 saturated carbocycles. The third-order valence-electron chi connectivity index (χ3n) is 6.25. The van der Waals surface area contributed by atoms with Crippen molar-refractivity contribution in [1.82, 2.24) is 39.2 Å². The first kappa shape index (κ1) is 27.5. The fourth-order valence-corrected chi connectivity index (χ4v) is 4.69. The number of amides is 1. The Bertz CT molecular complexity index is 1460. The zero-order valence-corrected chi connectivity index (χ0v) is 23.3. The number of aryl methyl sites for hydroxylation is 2. The molecular formula is C26H33FN8O2S. The van der Waals surface area contributed by atoms with Gasteiger partial charge in [0.15, 0.2) is 5.65 Å². The van der Waals surface area contributed by atoms with E-state index in [2.05, 4.69) is 20.1 Å². The third kappa shape index (κ3) is 5.95. The van der Waals surface area contributed by atoms with Crippen molar-refractivity contribution >= 4 is 30.8 Å². The van der Waals surface area contributed by atoms with Gasteiger partial charge < -0.3 is 14.2 Å². The second-order valence-corrected chi connectivity index (χ2v) is 10.6. The Morgan fingerprint density at radius 2 is 1.95 bits per heavy atom. The van der Waals surface area contributed by atoms with Gasteiger partial charge in [0.1, 0.15) is 28.6 Å². The van der Waals surface area contributed by atoms with E-state index in [4.69, 9.17) is 9.72 Å².